The normalized spacial score (nSPS) is 10.6. The molecule has 0 radical (unpaired) electrons. The summed E-state index contributed by atoms with van der Waals surface area (Å²) in [5.74, 6) is 1.81. The second kappa shape index (κ2) is 4.90. The summed E-state index contributed by atoms with van der Waals surface area (Å²) in [6.45, 7) is 0.608. The highest BCUT2D eigenvalue weighted by Gasteiger charge is 2.06. The molecule has 84 valence electrons. The zero-order valence-electron chi connectivity index (χ0n) is 9.43. The van der Waals surface area contributed by atoms with Gasteiger partial charge in [0.05, 0.1) is 0 Å². The van der Waals surface area contributed by atoms with Gasteiger partial charge in [0.2, 0.25) is 0 Å². The zero-order valence-corrected chi connectivity index (χ0v) is 9.43. The lowest BCUT2D eigenvalue weighted by molar-refractivity contribution is 0.691. The van der Waals surface area contributed by atoms with Gasteiger partial charge in [-0.25, -0.2) is 4.98 Å². The highest BCUT2D eigenvalue weighted by molar-refractivity contribution is 5.18. The molecular formula is C12H16N4. The Bertz CT molecular complexity index is 447. The van der Waals surface area contributed by atoms with Gasteiger partial charge in [-0.15, -0.1) is 0 Å². The van der Waals surface area contributed by atoms with Gasteiger partial charge >= 0.3 is 0 Å². The van der Waals surface area contributed by atoms with Crippen LogP contribution in [0, 0.1) is 0 Å². The number of rotatable bonds is 4. The largest absolute Gasteiger partial charge is 0.330 e. The Labute approximate surface area is 95.1 Å². The van der Waals surface area contributed by atoms with E-state index in [0.29, 0.717) is 6.54 Å². The SMILES string of the molecule is Cn1nc(Cc2ccccc2)nc1CCN. The van der Waals surface area contributed by atoms with Crippen LogP contribution < -0.4 is 5.73 Å². The van der Waals surface area contributed by atoms with Crippen molar-refractivity contribution in [1.82, 2.24) is 14.8 Å². The van der Waals surface area contributed by atoms with Crippen LogP contribution in [0.5, 0.6) is 0 Å². The van der Waals surface area contributed by atoms with E-state index >= 15 is 0 Å². The molecule has 0 aliphatic rings. The van der Waals surface area contributed by atoms with Crippen LogP contribution in [-0.4, -0.2) is 21.3 Å². The summed E-state index contributed by atoms with van der Waals surface area (Å²) in [4.78, 5) is 4.47. The van der Waals surface area contributed by atoms with Crippen molar-refractivity contribution in [2.75, 3.05) is 6.54 Å². The fourth-order valence-corrected chi connectivity index (χ4v) is 1.67. The molecule has 0 spiro atoms. The minimum absolute atomic E-state index is 0.608. The number of aryl methyl sites for hydroxylation is 1. The molecule has 4 heteroatoms. The fourth-order valence-electron chi connectivity index (χ4n) is 1.67. The maximum absolute atomic E-state index is 5.51. The van der Waals surface area contributed by atoms with E-state index in [1.165, 1.54) is 5.56 Å². The van der Waals surface area contributed by atoms with Crippen molar-refractivity contribution in [2.24, 2.45) is 12.8 Å². The monoisotopic (exact) mass is 216 g/mol. The first-order chi connectivity index (χ1) is 7.79. The maximum Gasteiger partial charge on any atom is 0.155 e. The highest BCUT2D eigenvalue weighted by atomic mass is 15.3. The van der Waals surface area contributed by atoms with Crippen LogP contribution in [0.25, 0.3) is 0 Å². The van der Waals surface area contributed by atoms with Crippen molar-refractivity contribution in [3.63, 3.8) is 0 Å². The van der Waals surface area contributed by atoms with E-state index in [4.69, 9.17) is 5.73 Å². The molecule has 0 atom stereocenters. The van der Waals surface area contributed by atoms with Gasteiger partial charge < -0.3 is 5.73 Å². The van der Waals surface area contributed by atoms with Gasteiger partial charge in [0.25, 0.3) is 0 Å². The summed E-state index contributed by atoms with van der Waals surface area (Å²) in [6.07, 6.45) is 1.55. The second-order valence-electron chi connectivity index (χ2n) is 3.77. The third-order valence-electron chi connectivity index (χ3n) is 2.47. The van der Waals surface area contributed by atoms with Gasteiger partial charge in [0.1, 0.15) is 5.82 Å². The van der Waals surface area contributed by atoms with Crippen LogP contribution in [0.1, 0.15) is 17.2 Å². The molecule has 2 N–H and O–H groups in total. The average Bonchev–Trinajstić information content (AvgIpc) is 2.61. The van der Waals surface area contributed by atoms with E-state index in [0.717, 1.165) is 24.5 Å². The van der Waals surface area contributed by atoms with Crippen molar-refractivity contribution in [3.05, 3.63) is 47.5 Å². The van der Waals surface area contributed by atoms with Crippen molar-refractivity contribution in [3.8, 4) is 0 Å². The molecule has 0 aliphatic heterocycles. The van der Waals surface area contributed by atoms with Crippen molar-refractivity contribution in [1.29, 1.82) is 0 Å². The lowest BCUT2D eigenvalue weighted by atomic mass is 10.1. The molecule has 2 aromatic rings. The number of benzene rings is 1. The third kappa shape index (κ3) is 2.46. The fraction of sp³-hybridized carbons (Fsp3) is 0.333. The molecule has 1 aromatic heterocycles. The molecule has 0 saturated heterocycles. The quantitative estimate of drug-likeness (QED) is 0.826. The summed E-state index contributed by atoms with van der Waals surface area (Å²) in [7, 11) is 1.91. The smallest absolute Gasteiger partial charge is 0.155 e. The van der Waals surface area contributed by atoms with E-state index in [-0.39, 0.29) is 0 Å². The molecule has 16 heavy (non-hydrogen) atoms. The molecule has 4 nitrogen and oxygen atoms in total. The minimum atomic E-state index is 0.608. The average molecular weight is 216 g/mol. The Morgan fingerprint density at radius 1 is 1.25 bits per heavy atom. The number of aromatic nitrogens is 3. The van der Waals surface area contributed by atoms with E-state index in [1.807, 2.05) is 29.9 Å². The molecule has 2 rings (SSSR count). The molecule has 1 aromatic carbocycles. The van der Waals surface area contributed by atoms with Crippen LogP contribution >= 0.6 is 0 Å². The van der Waals surface area contributed by atoms with Crippen LogP contribution in [0.15, 0.2) is 30.3 Å². The number of nitrogens with two attached hydrogens (primary N) is 1. The first-order valence-electron chi connectivity index (χ1n) is 5.42. The predicted octanol–water partition coefficient (Wildman–Crippen LogP) is 0.907. The van der Waals surface area contributed by atoms with Crippen LogP contribution in [0.2, 0.25) is 0 Å². The number of hydrogen-bond donors (Lipinski definition) is 1. The Hall–Kier alpha value is -1.68. The van der Waals surface area contributed by atoms with E-state index in [1.54, 1.807) is 0 Å². The molecule has 0 bridgehead atoms. The summed E-state index contributed by atoms with van der Waals surface area (Å²) in [6, 6.07) is 10.2. The van der Waals surface area contributed by atoms with E-state index in [9.17, 15) is 0 Å². The first-order valence-corrected chi connectivity index (χ1v) is 5.42. The van der Waals surface area contributed by atoms with Crippen molar-refractivity contribution >= 4 is 0 Å². The van der Waals surface area contributed by atoms with Gasteiger partial charge in [-0.3, -0.25) is 4.68 Å². The highest BCUT2D eigenvalue weighted by Crippen LogP contribution is 2.06. The van der Waals surface area contributed by atoms with Gasteiger partial charge in [0, 0.05) is 19.9 Å². The third-order valence-corrected chi connectivity index (χ3v) is 2.47. The van der Waals surface area contributed by atoms with Crippen molar-refractivity contribution in [2.45, 2.75) is 12.8 Å². The Balaban J connectivity index is 2.13. The van der Waals surface area contributed by atoms with Crippen LogP contribution in [0.3, 0.4) is 0 Å². The lowest BCUT2D eigenvalue weighted by Crippen LogP contribution is -2.08. The van der Waals surface area contributed by atoms with Crippen LogP contribution in [0.4, 0.5) is 0 Å². The summed E-state index contributed by atoms with van der Waals surface area (Å²) >= 11 is 0. The molecule has 1 heterocycles. The predicted molar refractivity (Wildman–Crippen MR) is 63.0 cm³/mol. The van der Waals surface area contributed by atoms with Gasteiger partial charge in [-0.2, -0.15) is 5.10 Å². The van der Waals surface area contributed by atoms with E-state index < -0.39 is 0 Å². The number of nitrogens with zero attached hydrogens (tertiary/aromatic N) is 3. The summed E-state index contributed by atoms with van der Waals surface area (Å²) in [5, 5.41) is 4.37. The molecule has 0 fully saturated rings. The Morgan fingerprint density at radius 2 is 2.00 bits per heavy atom. The standard InChI is InChI=1S/C12H16N4/c1-16-12(7-8-13)14-11(15-16)9-10-5-3-2-4-6-10/h2-6H,7-9,13H2,1H3. The zero-order chi connectivity index (χ0) is 11.4. The Kier molecular flexibility index (Phi) is 3.31. The minimum Gasteiger partial charge on any atom is -0.330 e. The second-order valence-corrected chi connectivity index (χ2v) is 3.77. The topological polar surface area (TPSA) is 56.7 Å². The molecule has 0 aliphatic carbocycles. The molecule has 0 amide bonds. The van der Waals surface area contributed by atoms with Gasteiger partial charge in [-0.05, 0) is 12.1 Å². The lowest BCUT2D eigenvalue weighted by Gasteiger charge is -1.94. The van der Waals surface area contributed by atoms with Gasteiger partial charge in [-0.1, -0.05) is 30.3 Å². The summed E-state index contributed by atoms with van der Waals surface area (Å²) in [5.41, 5.74) is 6.74. The molecule has 0 saturated carbocycles. The summed E-state index contributed by atoms with van der Waals surface area (Å²) < 4.78 is 1.81. The molecular weight excluding hydrogens is 200 g/mol. The number of hydrogen-bond acceptors (Lipinski definition) is 3. The van der Waals surface area contributed by atoms with Crippen molar-refractivity contribution < 1.29 is 0 Å². The Morgan fingerprint density at radius 3 is 2.69 bits per heavy atom. The van der Waals surface area contributed by atoms with Crippen LogP contribution in [-0.2, 0) is 19.9 Å². The van der Waals surface area contributed by atoms with Gasteiger partial charge in [0.15, 0.2) is 5.82 Å². The van der Waals surface area contributed by atoms with E-state index in [2.05, 4.69) is 22.2 Å². The first kappa shape index (κ1) is 10.8. The molecule has 0 unspecified atom stereocenters. The maximum atomic E-state index is 5.51.